The second-order valence-electron chi connectivity index (χ2n) is 8.57. The quantitative estimate of drug-likeness (QED) is 0.838. The predicted molar refractivity (Wildman–Crippen MR) is 101 cm³/mol. The van der Waals surface area contributed by atoms with Gasteiger partial charge in [-0.1, -0.05) is 19.3 Å². The summed E-state index contributed by atoms with van der Waals surface area (Å²) in [6, 6.07) is 0. The van der Waals surface area contributed by atoms with E-state index in [1.165, 1.54) is 83.5 Å². The zero-order valence-electron chi connectivity index (χ0n) is 15.8. The van der Waals surface area contributed by atoms with Gasteiger partial charge in [0.05, 0.1) is 19.3 Å². The van der Waals surface area contributed by atoms with E-state index in [2.05, 4.69) is 4.57 Å². The molecule has 0 amide bonds. The van der Waals surface area contributed by atoms with Crippen LogP contribution in [0.4, 0.5) is 0 Å². The summed E-state index contributed by atoms with van der Waals surface area (Å²) in [7, 11) is 0. The van der Waals surface area contributed by atoms with Crippen molar-refractivity contribution >= 4 is 0 Å². The zero-order chi connectivity index (χ0) is 17.1. The molecule has 0 aliphatic heterocycles. The summed E-state index contributed by atoms with van der Waals surface area (Å²) in [4.78, 5) is 0. The fourth-order valence-corrected chi connectivity index (χ4v) is 5.40. The van der Waals surface area contributed by atoms with E-state index in [0.29, 0.717) is 6.61 Å². The molecule has 0 bridgehead atoms. The monoisotopic (exact) mass is 345 g/mol. The van der Waals surface area contributed by atoms with E-state index in [1.54, 1.807) is 22.5 Å². The number of ether oxygens (including phenoxy) is 1. The van der Waals surface area contributed by atoms with E-state index >= 15 is 0 Å². The van der Waals surface area contributed by atoms with E-state index in [4.69, 9.17) is 4.74 Å². The third-order valence-corrected chi connectivity index (χ3v) is 6.68. The number of aliphatic hydroxyl groups is 1. The summed E-state index contributed by atoms with van der Waals surface area (Å²) in [6.07, 6.45) is 16.6. The third-order valence-electron chi connectivity index (χ3n) is 6.68. The highest BCUT2D eigenvalue weighted by Crippen LogP contribution is 2.34. The molecule has 1 heterocycles. The van der Waals surface area contributed by atoms with Crippen LogP contribution in [0.25, 0.3) is 0 Å². The van der Waals surface area contributed by atoms with Gasteiger partial charge in [-0.05, 0) is 81.3 Å². The van der Waals surface area contributed by atoms with Crippen LogP contribution in [0.1, 0.15) is 80.3 Å². The van der Waals surface area contributed by atoms with Gasteiger partial charge in [0, 0.05) is 18.0 Å². The van der Waals surface area contributed by atoms with Crippen molar-refractivity contribution in [2.24, 2.45) is 5.92 Å². The lowest BCUT2D eigenvalue weighted by Gasteiger charge is -2.23. The maximum absolute atomic E-state index is 10.6. The molecule has 0 saturated heterocycles. The SMILES string of the molecule is OC(COCC1CCCCC1)Cn1c2c(c3c1CCCC3)CCCC2. The van der Waals surface area contributed by atoms with Gasteiger partial charge in [-0.15, -0.1) is 0 Å². The molecule has 3 aliphatic carbocycles. The zero-order valence-corrected chi connectivity index (χ0v) is 15.8. The second-order valence-corrected chi connectivity index (χ2v) is 8.57. The topological polar surface area (TPSA) is 34.4 Å². The van der Waals surface area contributed by atoms with E-state index < -0.39 is 0 Å². The number of rotatable bonds is 6. The minimum absolute atomic E-state index is 0.368. The maximum Gasteiger partial charge on any atom is 0.0952 e. The molecule has 1 unspecified atom stereocenters. The Hall–Kier alpha value is -0.800. The van der Waals surface area contributed by atoms with Crippen LogP contribution in [0, 0.1) is 5.92 Å². The Bertz CT molecular complexity index is 538. The van der Waals surface area contributed by atoms with Crippen molar-refractivity contribution < 1.29 is 9.84 Å². The van der Waals surface area contributed by atoms with Crippen LogP contribution in [0.3, 0.4) is 0 Å². The summed E-state index contributed by atoms with van der Waals surface area (Å²) in [5.41, 5.74) is 6.39. The summed E-state index contributed by atoms with van der Waals surface area (Å²) in [5.74, 6) is 0.730. The molecule has 3 nitrogen and oxygen atoms in total. The van der Waals surface area contributed by atoms with Crippen molar-refractivity contribution in [3.63, 3.8) is 0 Å². The summed E-state index contributed by atoms with van der Waals surface area (Å²) in [5, 5.41) is 10.6. The van der Waals surface area contributed by atoms with Crippen molar-refractivity contribution in [1.29, 1.82) is 0 Å². The molecule has 1 saturated carbocycles. The van der Waals surface area contributed by atoms with E-state index in [-0.39, 0.29) is 6.10 Å². The van der Waals surface area contributed by atoms with Crippen LogP contribution >= 0.6 is 0 Å². The first kappa shape index (κ1) is 17.6. The fourth-order valence-electron chi connectivity index (χ4n) is 5.40. The highest BCUT2D eigenvalue weighted by molar-refractivity contribution is 5.41. The summed E-state index contributed by atoms with van der Waals surface area (Å²) in [6.45, 7) is 2.08. The van der Waals surface area contributed by atoms with Gasteiger partial charge < -0.3 is 14.4 Å². The molecule has 0 radical (unpaired) electrons. The van der Waals surface area contributed by atoms with Gasteiger partial charge in [-0.3, -0.25) is 0 Å². The van der Waals surface area contributed by atoms with Gasteiger partial charge in [0.2, 0.25) is 0 Å². The van der Waals surface area contributed by atoms with E-state index in [9.17, 15) is 5.11 Å². The molecule has 0 aromatic carbocycles. The number of fused-ring (bicyclic) bond motifs is 3. The Morgan fingerprint density at radius 2 is 1.44 bits per heavy atom. The standard InChI is InChI=1S/C22H35NO2/c24-18(16-25-15-17-8-2-1-3-9-17)14-23-21-12-6-4-10-19(21)20-11-5-7-13-22(20)23/h17-18,24H,1-16H2. The molecule has 0 spiro atoms. The molecular formula is C22H35NO2. The molecule has 1 aromatic rings. The van der Waals surface area contributed by atoms with Crippen LogP contribution in [0.2, 0.25) is 0 Å². The molecule has 1 fully saturated rings. The van der Waals surface area contributed by atoms with Crippen LogP contribution in [0.5, 0.6) is 0 Å². The molecule has 4 rings (SSSR count). The first-order valence-electron chi connectivity index (χ1n) is 10.8. The molecule has 3 heteroatoms. The van der Waals surface area contributed by atoms with Gasteiger partial charge in [0.15, 0.2) is 0 Å². The number of aromatic nitrogens is 1. The Balaban J connectivity index is 1.37. The van der Waals surface area contributed by atoms with Crippen molar-refractivity contribution in [2.45, 2.75) is 96.1 Å². The van der Waals surface area contributed by atoms with E-state index in [0.717, 1.165) is 19.1 Å². The highest BCUT2D eigenvalue weighted by atomic mass is 16.5. The van der Waals surface area contributed by atoms with Gasteiger partial charge in [0.25, 0.3) is 0 Å². The Labute approximate surface area is 152 Å². The molecular weight excluding hydrogens is 310 g/mol. The van der Waals surface area contributed by atoms with Crippen LogP contribution in [0.15, 0.2) is 0 Å². The number of aliphatic hydroxyl groups excluding tert-OH is 1. The largest absolute Gasteiger partial charge is 0.389 e. The summed E-state index contributed by atoms with van der Waals surface area (Å²) < 4.78 is 8.41. The molecule has 1 N–H and O–H groups in total. The predicted octanol–water partition coefficient (Wildman–Crippen LogP) is 4.20. The van der Waals surface area contributed by atoms with Crippen LogP contribution in [-0.4, -0.2) is 29.0 Å². The maximum atomic E-state index is 10.6. The van der Waals surface area contributed by atoms with Crippen molar-refractivity contribution in [1.82, 2.24) is 4.57 Å². The minimum atomic E-state index is -0.368. The lowest BCUT2D eigenvalue weighted by molar-refractivity contribution is 0.00812. The molecule has 140 valence electrons. The number of hydrogen-bond acceptors (Lipinski definition) is 2. The van der Waals surface area contributed by atoms with Gasteiger partial charge in [0.1, 0.15) is 0 Å². The smallest absolute Gasteiger partial charge is 0.0952 e. The van der Waals surface area contributed by atoms with Gasteiger partial charge in [-0.25, -0.2) is 0 Å². The lowest BCUT2D eigenvalue weighted by atomic mass is 9.89. The van der Waals surface area contributed by atoms with Gasteiger partial charge >= 0.3 is 0 Å². The highest BCUT2D eigenvalue weighted by Gasteiger charge is 2.27. The van der Waals surface area contributed by atoms with Crippen molar-refractivity contribution in [3.8, 4) is 0 Å². The lowest BCUT2D eigenvalue weighted by Crippen LogP contribution is -2.26. The minimum Gasteiger partial charge on any atom is -0.389 e. The molecule has 3 aliphatic rings. The fraction of sp³-hybridized carbons (Fsp3) is 0.818. The average molecular weight is 346 g/mol. The van der Waals surface area contributed by atoms with Crippen LogP contribution in [-0.2, 0) is 37.0 Å². The normalized spacial score (nSPS) is 22.4. The van der Waals surface area contributed by atoms with E-state index in [1.807, 2.05) is 0 Å². The van der Waals surface area contributed by atoms with Crippen molar-refractivity contribution in [3.05, 3.63) is 22.5 Å². The third kappa shape index (κ3) is 3.98. The molecule has 1 atom stereocenters. The first-order chi connectivity index (χ1) is 12.3. The Morgan fingerprint density at radius 3 is 2.08 bits per heavy atom. The summed E-state index contributed by atoms with van der Waals surface area (Å²) >= 11 is 0. The Kier molecular flexibility index (Phi) is 5.82. The molecule has 25 heavy (non-hydrogen) atoms. The van der Waals surface area contributed by atoms with Crippen molar-refractivity contribution in [2.75, 3.05) is 13.2 Å². The number of hydrogen-bond donors (Lipinski definition) is 1. The van der Waals surface area contributed by atoms with Crippen LogP contribution < -0.4 is 0 Å². The molecule has 1 aromatic heterocycles. The number of nitrogens with zero attached hydrogens (tertiary/aromatic N) is 1. The Morgan fingerprint density at radius 1 is 0.840 bits per heavy atom. The average Bonchev–Trinajstić information content (AvgIpc) is 2.97. The first-order valence-corrected chi connectivity index (χ1v) is 10.8. The van der Waals surface area contributed by atoms with Gasteiger partial charge in [-0.2, -0.15) is 0 Å². The second kappa shape index (κ2) is 8.26.